The van der Waals surface area contributed by atoms with Gasteiger partial charge in [-0.3, -0.25) is 0 Å². The lowest BCUT2D eigenvalue weighted by atomic mass is 10.1. The Morgan fingerprint density at radius 1 is 1.57 bits per heavy atom. The van der Waals surface area contributed by atoms with E-state index >= 15 is 0 Å². The number of nitrogen functional groups attached to an aromatic ring is 1. The van der Waals surface area contributed by atoms with E-state index in [-0.39, 0.29) is 10.8 Å². The predicted octanol–water partition coefficient (Wildman–Crippen LogP) is 3.62. The zero-order valence-electron chi connectivity index (χ0n) is 7.49. The lowest BCUT2D eigenvalue weighted by Gasteiger charge is -2.09. The fourth-order valence-corrected chi connectivity index (χ4v) is 2.21. The van der Waals surface area contributed by atoms with Gasteiger partial charge in [0.15, 0.2) is 0 Å². The maximum Gasteiger partial charge on any atom is 0.148 e. The molecule has 1 nitrogen and oxygen atoms in total. The van der Waals surface area contributed by atoms with E-state index in [0.29, 0.717) is 20.7 Å². The first-order chi connectivity index (χ1) is 6.59. The van der Waals surface area contributed by atoms with E-state index in [1.165, 1.54) is 12.8 Å². The van der Waals surface area contributed by atoms with Crippen molar-refractivity contribution in [1.82, 2.24) is 0 Å². The smallest absolute Gasteiger partial charge is 0.148 e. The van der Waals surface area contributed by atoms with E-state index < -0.39 is 0 Å². The van der Waals surface area contributed by atoms with Crippen LogP contribution in [0.25, 0.3) is 0 Å². The summed E-state index contributed by atoms with van der Waals surface area (Å²) in [6.45, 7) is 0. The van der Waals surface area contributed by atoms with E-state index in [4.69, 9.17) is 17.3 Å². The second-order valence-corrected chi connectivity index (χ2v) is 5.24. The number of hydrogen-bond acceptors (Lipinski definition) is 1. The summed E-state index contributed by atoms with van der Waals surface area (Å²) in [4.78, 5) is 0. The van der Waals surface area contributed by atoms with E-state index in [9.17, 15) is 4.39 Å². The molecule has 4 heteroatoms. The first-order valence-corrected chi connectivity index (χ1v) is 5.97. The first kappa shape index (κ1) is 10.5. The second-order valence-electron chi connectivity index (χ2n) is 3.70. The molecular weight excluding hydrogens is 315 g/mol. The fraction of sp³-hybridized carbons (Fsp3) is 0.400. The first-order valence-electron chi connectivity index (χ1n) is 4.51. The van der Waals surface area contributed by atoms with Crippen molar-refractivity contribution >= 4 is 39.9 Å². The highest BCUT2D eigenvalue weighted by Crippen LogP contribution is 2.37. The highest BCUT2D eigenvalue weighted by atomic mass is 127. The molecule has 0 heterocycles. The molecule has 2 rings (SSSR count). The van der Waals surface area contributed by atoms with Crippen molar-refractivity contribution in [3.05, 3.63) is 26.0 Å². The summed E-state index contributed by atoms with van der Waals surface area (Å²) in [5.74, 6) is 0.283. The van der Waals surface area contributed by atoms with Crippen LogP contribution in [0, 0.1) is 15.3 Å². The van der Waals surface area contributed by atoms with E-state index in [2.05, 4.69) is 0 Å². The van der Waals surface area contributed by atoms with Gasteiger partial charge in [-0.2, -0.15) is 0 Å². The van der Waals surface area contributed by atoms with Gasteiger partial charge >= 0.3 is 0 Å². The molecule has 76 valence electrons. The van der Waals surface area contributed by atoms with Gasteiger partial charge in [0.25, 0.3) is 0 Å². The van der Waals surface area contributed by atoms with E-state index in [0.717, 1.165) is 6.42 Å². The summed E-state index contributed by atoms with van der Waals surface area (Å²) in [7, 11) is 0. The highest BCUT2D eigenvalue weighted by molar-refractivity contribution is 14.1. The van der Waals surface area contributed by atoms with Gasteiger partial charge in [0.1, 0.15) is 5.82 Å². The molecule has 0 amide bonds. The van der Waals surface area contributed by atoms with Crippen molar-refractivity contribution in [3.63, 3.8) is 0 Å². The zero-order chi connectivity index (χ0) is 10.3. The van der Waals surface area contributed by atoms with E-state index in [1.54, 1.807) is 6.07 Å². The Balaban J connectivity index is 2.40. The normalized spacial score (nSPS) is 15.9. The third kappa shape index (κ3) is 1.98. The molecule has 14 heavy (non-hydrogen) atoms. The van der Waals surface area contributed by atoms with Crippen LogP contribution in [-0.2, 0) is 6.42 Å². The van der Waals surface area contributed by atoms with Crippen LogP contribution in [0.4, 0.5) is 10.1 Å². The van der Waals surface area contributed by atoms with Crippen molar-refractivity contribution in [2.24, 2.45) is 5.92 Å². The lowest BCUT2D eigenvalue weighted by molar-refractivity contribution is 0.603. The Morgan fingerprint density at radius 3 is 2.79 bits per heavy atom. The van der Waals surface area contributed by atoms with Gasteiger partial charge in [-0.1, -0.05) is 11.6 Å². The molecule has 1 aromatic carbocycles. The van der Waals surface area contributed by atoms with Crippen LogP contribution in [0.2, 0.25) is 5.02 Å². The van der Waals surface area contributed by atoms with Gasteiger partial charge in [-0.05, 0) is 53.8 Å². The van der Waals surface area contributed by atoms with Crippen molar-refractivity contribution in [2.75, 3.05) is 5.73 Å². The molecule has 2 N–H and O–H groups in total. The molecule has 0 aliphatic heterocycles. The van der Waals surface area contributed by atoms with Gasteiger partial charge in [0, 0.05) is 14.8 Å². The number of nitrogens with two attached hydrogens (primary N) is 1. The van der Waals surface area contributed by atoms with Crippen LogP contribution in [-0.4, -0.2) is 0 Å². The molecule has 0 saturated heterocycles. The number of hydrogen-bond donors (Lipinski definition) is 1. The maximum absolute atomic E-state index is 13.7. The standard InChI is InChI=1S/C10H10ClFIN/c11-9-7(13)4-8(14)6(10(9)12)3-5-1-2-5/h4-5H,1-3,14H2. The van der Waals surface area contributed by atoms with Crippen molar-refractivity contribution in [3.8, 4) is 0 Å². The van der Waals surface area contributed by atoms with Gasteiger partial charge in [0.05, 0.1) is 5.02 Å². The maximum atomic E-state index is 13.7. The minimum atomic E-state index is -0.331. The van der Waals surface area contributed by atoms with Crippen LogP contribution in [0.5, 0.6) is 0 Å². The summed E-state index contributed by atoms with van der Waals surface area (Å²) in [5.41, 5.74) is 6.89. The Bertz CT molecular complexity index is 377. The summed E-state index contributed by atoms with van der Waals surface area (Å²) >= 11 is 7.81. The Labute approximate surface area is 101 Å². The van der Waals surface area contributed by atoms with Gasteiger partial charge in [-0.25, -0.2) is 4.39 Å². The monoisotopic (exact) mass is 325 g/mol. The molecule has 1 saturated carbocycles. The van der Waals surface area contributed by atoms with Crippen molar-refractivity contribution in [1.29, 1.82) is 0 Å². The fourth-order valence-electron chi connectivity index (χ4n) is 1.47. The molecule has 1 aliphatic rings. The predicted molar refractivity (Wildman–Crippen MR) is 65.0 cm³/mol. The zero-order valence-corrected chi connectivity index (χ0v) is 10.4. The quantitative estimate of drug-likeness (QED) is 0.502. The topological polar surface area (TPSA) is 26.0 Å². The molecule has 1 fully saturated rings. The van der Waals surface area contributed by atoms with Crippen LogP contribution in [0.15, 0.2) is 6.07 Å². The molecule has 1 aromatic rings. The molecule has 0 spiro atoms. The molecule has 0 radical (unpaired) electrons. The summed E-state index contributed by atoms with van der Waals surface area (Å²) in [6, 6.07) is 1.74. The average Bonchev–Trinajstić information content (AvgIpc) is 2.92. The summed E-state index contributed by atoms with van der Waals surface area (Å²) < 4.78 is 14.4. The SMILES string of the molecule is Nc1cc(I)c(Cl)c(F)c1CC1CC1. The second kappa shape index (κ2) is 3.85. The summed E-state index contributed by atoms with van der Waals surface area (Å²) in [5, 5.41) is 0.204. The Hall–Kier alpha value is -0.0300. The van der Waals surface area contributed by atoms with E-state index in [1.807, 2.05) is 22.6 Å². The van der Waals surface area contributed by atoms with Crippen molar-refractivity contribution < 1.29 is 4.39 Å². The number of benzene rings is 1. The van der Waals surface area contributed by atoms with Gasteiger partial charge in [-0.15, -0.1) is 0 Å². The highest BCUT2D eigenvalue weighted by Gasteiger charge is 2.25. The largest absolute Gasteiger partial charge is 0.398 e. The molecule has 0 bridgehead atoms. The van der Waals surface area contributed by atoms with Crippen LogP contribution >= 0.6 is 34.2 Å². The third-order valence-corrected chi connectivity index (χ3v) is 4.03. The van der Waals surface area contributed by atoms with Gasteiger partial charge < -0.3 is 5.73 Å². The molecule has 0 unspecified atom stereocenters. The molecular formula is C10H10ClFIN. The molecule has 0 atom stereocenters. The van der Waals surface area contributed by atoms with Gasteiger partial charge in [0.2, 0.25) is 0 Å². The van der Waals surface area contributed by atoms with Crippen LogP contribution in [0.3, 0.4) is 0 Å². The Kier molecular flexibility index (Phi) is 2.88. The number of anilines is 1. The third-order valence-electron chi connectivity index (χ3n) is 2.49. The lowest BCUT2D eigenvalue weighted by Crippen LogP contribution is -2.01. The van der Waals surface area contributed by atoms with Crippen molar-refractivity contribution in [2.45, 2.75) is 19.3 Å². The van der Waals surface area contributed by atoms with Crippen LogP contribution in [0.1, 0.15) is 18.4 Å². The minimum Gasteiger partial charge on any atom is -0.398 e. The summed E-state index contributed by atoms with van der Waals surface area (Å²) in [6.07, 6.45) is 3.10. The molecule has 1 aliphatic carbocycles. The minimum absolute atomic E-state index is 0.204. The average molecular weight is 326 g/mol. The number of rotatable bonds is 2. The Morgan fingerprint density at radius 2 is 2.21 bits per heavy atom. The number of halogens is 3. The van der Waals surface area contributed by atoms with Crippen LogP contribution < -0.4 is 5.73 Å². The molecule has 0 aromatic heterocycles.